The molecule has 2 N–H and O–H groups in total. The van der Waals surface area contributed by atoms with Crippen LogP contribution in [-0.4, -0.2) is 23.5 Å². The van der Waals surface area contributed by atoms with Crippen LogP contribution in [0, 0.1) is 0 Å². The fraction of sp³-hybridized carbons (Fsp3) is 0.571. The van der Waals surface area contributed by atoms with Crippen molar-refractivity contribution in [2.75, 3.05) is 13.1 Å². The van der Waals surface area contributed by atoms with Crippen LogP contribution >= 0.6 is 0 Å². The molecule has 1 fully saturated rings. The van der Waals surface area contributed by atoms with Gasteiger partial charge in [-0.3, -0.25) is 4.90 Å². The van der Waals surface area contributed by atoms with Gasteiger partial charge in [-0.1, -0.05) is 24.3 Å². The van der Waals surface area contributed by atoms with Crippen molar-refractivity contribution in [3.05, 3.63) is 35.4 Å². The van der Waals surface area contributed by atoms with E-state index in [0.717, 1.165) is 13.1 Å². The average molecular weight is 216 g/mol. The molecule has 0 radical (unpaired) electrons. The standard InChI is InChI=1S/C14H20N2/c15-11-14(7-8-14)16-9-3-6-12-4-1-2-5-13(12)10-16/h1-2,4-5H,3,6-11,15H2. The lowest BCUT2D eigenvalue weighted by atomic mass is 10.0. The second kappa shape index (κ2) is 3.86. The Labute approximate surface area is 97.4 Å². The Morgan fingerprint density at radius 3 is 2.62 bits per heavy atom. The predicted molar refractivity (Wildman–Crippen MR) is 66.2 cm³/mol. The molecule has 16 heavy (non-hydrogen) atoms. The quantitative estimate of drug-likeness (QED) is 0.818. The molecule has 0 spiro atoms. The van der Waals surface area contributed by atoms with Crippen LogP contribution in [-0.2, 0) is 13.0 Å². The molecule has 3 rings (SSSR count). The van der Waals surface area contributed by atoms with Gasteiger partial charge in [0.05, 0.1) is 0 Å². The molecule has 2 aliphatic rings. The van der Waals surface area contributed by atoms with E-state index in [9.17, 15) is 0 Å². The van der Waals surface area contributed by atoms with E-state index in [0.29, 0.717) is 5.54 Å². The summed E-state index contributed by atoms with van der Waals surface area (Å²) < 4.78 is 0. The Morgan fingerprint density at radius 1 is 1.19 bits per heavy atom. The molecule has 86 valence electrons. The Balaban J connectivity index is 1.85. The molecule has 2 nitrogen and oxygen atoms in total. The minimum Gasteiger partial charge on any atom is -0.329 e. The molecule has 0 saturated heterocycles. The highest BCUT2D eigenvalue weighted by atomic mass is 15.2. The number of benzene rings is 1. The maximum Gasteiger partial charge on any atom is 0.0336 e. The van der Waals surface area contributed by atoms with Crippen molar-refractivity contribution in [1.29, 1.82) is 0 Å². The van der Waals surface area contributed by atoms with Gasteiger partial charge in [-0.15, -0.1) is 0 Å². The van der Waals surface area contributed by atoms with Crippen LogP contribution in [0.4, 0.5) is 0 Å². The lowest BCUT2D eigenvalue weighted by molar-refractivity contribution is 0.175. The summed E-state index contributed by atoms with van der Waals surface area (Å²) in [4.78, 5) is 2.62. The van der Waals surface area contributed by atoms with E-state index in [-0.39, 0.29) is 0 Å². The zero-order valence-electron chi connectivity index (χ0n) is 9.78. The van der Waals surface area contributed by atoms with Gasteiger partial charge in [0.1, 0.15) is 0 Å². The van der Waals surface area contributed by atoms with Gasteiger partial charge in [0.25, 0.3) is 0 Å². The molecule has 1 aromatic carbocycles. The number of rotatable bonds is 2. The van der Waals surface area contributed by atoms with Crippen molar-refractivity contribution in [2.24, 2.45) is 5.73 Å². The second-order valence-corrected chi connectivity index (χ2v) is 5.22. The zero-order chi connectivity index (χ0) is 11.0. The minimum absolute atomic E-state index is 0.359. The fourth-order valence-corrected chi connectivity index (χ4v) is 2.90. The Hall–Kier alpha value is -0.860. The third-order valence-corrected chi connectivity index (χ3v) is 4.23. The van der Waals surface area contributed by atoms with Crippen molar-refractivity contribution < 1.29 is 0 Å². The average Bonchev–Trinajstić information content (AvgIpc) is 3.12. The SMILES string of the molecule is NCC1(N2CCCc3ccccc3C2)CC1. The lowest BCUT2D eigenvalue weighted by Gasteiger charge is -2.29. The maximum atomic E-state index is 5.93. The molecule has 0 bridgehead atoms. The van der Waals surface area contributed by atoms with Gasteiger partial charge in [-0.2, -0.15) is 0 Å². The molecule has 2 heteroatoms. The lowest BCUT2D eigenvalue weighted by Crippen LogP contribution is -2.42. The highest BCUT2D eigenvalue weighted by Gasteiger charge is 2.46. The highest BCUT2D eigenvalue weighted by Crippen LogP contribution is 2.42. The third kappa shape index (κ3) is 1.66. The Morgan fingerprint density at radius 2 is 1.94 bits per heavy atom. The smallest absolute Gasteiger partial charge is 0.0336 e. The van der Waals surface area contributed by atoms with E-state index in [4.69, 9.17) is 5.73 Å². The maximum absolute atomic E-state index is 5.93. The first-order chi connectivity index (χ1) is 7.84. The van der Waals surface area contributed by atoms with Gasteiger partial charge < -0.3 is 5.73 Å². The van der Waals surface area contributed by atoms with Crippen molar-refractivity contribution in [3.8, 4) is 0 Å². The monoisotopic (exact) mass is 216 g/mol. The fourth-order valence-electron chi connectivity index (χ4n) is 2.90. The van der Waals surface area contributed by atoms with Crippen molar-refractivity contribution in [2.45, 2.75) is 37.8 Å². The topological polar surface area (TPSA) is 29.3 Å². The van der Waals surface area contributed by atoms with Crippen LogP contribution in [0.3, 0.4) is 0 Å². The summed E-state index contributed by atoms with van der Waals surface area (Å²) in [5, 5.41) is 0. The number of nitrogens with two attached hydrogens (primary N) is 1. The summed E-state index contributed by atoms with van der Waals surface area (Å²) in [5.74, 6) is 0. The predicted octanol–water partition coefficient (Wildman–Crippen LogP) is 1.93. The van der Waals surface area contributed by atoms with E-state index >= 15 is 0 Å². The molecule has 0 aromatic heterocycles. The second-order valence-electron chi connectivity index (χ2n) is 5.22. The van der Waals surface area contributed by atoms with Crippen LogP contribution < -0.4 is 5.73 Å². The van der Waals surface area contributed by atoms with Crippen LogP contribution in [0.5, 0.6) is 0 Å². The first kappa shape index (κ1) is 10.3. The molecule has 1 aliphatic carbocycles. The minimum atomic E-state index is 0.359. The van der Waals surface area contributed by atoms with E-state index in [1.54, 1.807) is 0 Å². The van der Waals surface area contributed by atoms with Crippen molar-refractivity contribution in [3.63, 3.8) is 0 Å². The molecule has 0 amide bonds. The summed E-state index contributed by atoms with van der Waals surface area (Å²) in [6, 6.07) is 8.87. The van der Waals surface area contributed by atoms with Gasteiger partial charge in [0.15, 0.2) is 0 Å². The Bertz CT molecular complexity index is 382. The third-order valence-electron chi connectivity index (χ3n) is 4.23. The number of aryl methyl sites for hydroxylation is 1. The molecular formula is C14H20N2. The van der Waals surface area contributed by atoms with Gasteiger partial charge in [-0.05, 0) is 43.4 Å². The summed E-state index contributed by atoms with van der Waals surface area (Å²) in [7, 11) is 0. The van der Waals surface area contributed by atoms with E-state index in [2.05, 4.69) is 29.2 Å². The molecular weight excluding hydrogens is 196 g/mol. The van der Waals surface area contributed by atoms with E-state index < -0.39 is 0 Å². The van der Waals surface area contributed by atoms with Crippen LogP contribution in [0.25, 0.3) is 0 Å². The van der Waals surface area contributed by atoms with Crippen LogP contribution in [0.2, 0.25) is 0 Å². The number of fused-ring (bicyclic) bond motifs is 1. The summed E-state index contributed by atoms with van der Waals surface area (Å²) in [5.41, 5.74) is 9.34. The van der Waals surface area contributed by atoms with Crippen molar-refractivity contribution in [1.82, 2.24) is 4.90 Å². The molecule has 1 saturated carbocycles. The van der Waals surface area contributed by atoms with E-state index in [1.165, 1.54) is 43.4 Å². The van der Waals surface area contributed by atoms with Gasteiger partial charge in [-0.25, -0.2) is 0 Å². The first-order valence-corrected chi connectivity index (χ1v) is 6.36. The normalized spacial score (nSPS) is 23.6. The number of nitrogens with zero attached hydrogens (tertiary/aromatic N) is 1. The zero-order valence-corrected chi connectivity index (χ0v) is 9.78. The molecule has 1 aliphatic heterocycles. The molecule has 1 aromatic rings. The summed E-state index contributed by atoms with van der Waals surface area (Å²) in [6.07, 6.45) is 5.10. The number of hydrogen-bond donors (Lipinski definition) is 1. The first-order valence-electron chi connectivity index (χ1n) is 6.36. The molecule has 1 heterocycles. The van der Waals surface area contributed by atoms with Gasteiger partial charge in [0.2, 0.25) is 0 Å². The highest BCUT2D eigenvalue weighted by molar-refractivity contribution is 5.28. The van der Waals surface area contributed by atoms with Crippen LogP contribution in [0.1, 0.15) is 30.4 Å². The number of hydrogen-bond acceptors (Lipinski definition) is 2. The largest absolute Gasteiger partial charge is 0.329 e. The Kier molecular flexibility index (Phi) is 2.49. The molecule has 0 unspecified atom stereocenters. The summed E-state index contributed by atoms with van der Waals surface area (Å²) >= 11 is 0. The summed E-state index contributed by atoms with van der Waals surface area (Å²) in [6.45, 7) is 3.15. The van der Waals surface area contributed by atoms with E-state index in [1.807, 2.05) is 0 Å². The van der Waals surface area contributed by atoms with Crippen LogP contribution in [0.15, 0.2) is 24.3 Å². The van der Waals surface area contributed by atoms with Gasteiger partial charge >= 0.3 is 0 Å². The van der Waals surface area contributed by atoms with Gasteiger partial charge in [0, 0.05) is 18.6 Å². The van der Waals surface area contributed by atoms with Crippen molar-refractivity contribution >= 4 is 0 Å². The molecule has 0 atom stereocenters.